The van der Waals surface area contributed by atoms with Gasteiger partial charge in [-0.1, -0.05) is 36.4 Å². The summed E-state index contributed by atoms with van der Waals surface area (Å²) in [5.74, 6) is 0.915. The summed E-state index contributed by atoms with van der Waals surface area (Å²) in [6.45, 7) is 0.567. The number of aromatic nitrogens is 2. The Hall–Kier alpha value is -2.66. The highest BCUT2D eigenvalue weighted by atomic mass is 32.1. The smallest absolute Gasteiger partial charge is 0.255 e. The molecule has 0 fully saturated rings. The highest BCUT2D eigenvalue weighted by molar-refractivity contribution is 7.71. The Bertz CT molecular complexity index is 1170. The van der Waals surface area contributed by atoms with Crippen molar-refractivity contribution in [3.8, 4) is 5.75 Å². The molecular formula is C24H24N2O2S. The van der Waals surface area contributed by atoms with E-state index in [4.69, 9.17) is 17.0 Å². The SMILES string of the molecule is O=c1[nH]c(=S)[nH]c2c1CCC1(CCCc3ccc(OCc4ccccc4)cc31)C2. The lowest BCUT2D eigenvalue weighted by Crippen LogP contribution is -2.39. The fourth-order valence-corrected chi connectivity index (χ4v) is 5.27. The molecule has 0 bridgehead atoms. The molecule has 2 aliphatic rings. The molecule has 1 heterocycles. The number of H-pyrrole nitrogens is 2. The number of aromatic amines is 2. The molecule has 1 spiro atoms. The van der Waals surface area contributed by atoms with Crippen LogP contribution in [0.15, 0.2) is 53.3 Å². The molecule has 0 aliphatic heterocycles. The number of hydrogen-bond acceptors (Lipinski definition) is 3. The molecule has 1 aromatic heterocycles. The van der Waals surface area contributed by atoms with Gasteiger partial charge in [0.15, 0.2) is 4.77 Å². The van der Waals surface area contributed by atoms with E-state index in [0.29, 0.717) is 11.4 Å². The standard InChI is InChI=1S/C24H24N2O2S/c27-22-19-10-12-24(14-21(19)25-23(29)26-22)11-4-7-17-8-9-18(13-20(17)24)28-15-16-5-2-1-3-6-16/h1-3,5-6,8-9,13H,4,7,10-12,14-15H2,(H2,25,26,27,29). The fourth-order valence-electron chi connectivity index (χ4n) is 5.06. The third-order valence-corrected chi connectivity index (χ3v) is 6.71. The number of ether oxygens (including phenoxy) is 1. The summed E-state index contributed by atoms with van der Waals surface area (Å²) in [7, 11) is 0. The Labute approximate surface area is 175 Å². The van der Waals surface area contributed by atoms with Gasteiger partial charge in [-0.2, -0.15) is 0 Å². The van der Waals surface area contributed by atoms with Crippen molar-refractivity contribution < 1.29 is 4.74 Å². The van der Waals surface area contributed by atoms with Crippen molar-refractivity contribution in [2.45, 2.75) is 50.5 Å². The van der Waals surface area contributed by atoms with E-state index >= 15 is 0 Å². The number of rotatable bonds is 3. The summed E-state index contributed by atoms with van der Waals surface area (Å²) < 4.78 is 6.54. The minimum atomic E-state index is -0.0328. The quantitative estimate of drug-likeness (QED) is 0.618. The van der Waals surface area contributed by atoms with Gasteiger partial charge in [0, 0.05) is 16.7 Å². The van der Waals surface area contributed by atoms with E-state index in [1.165, 1.54) is 23.1 Å². The molecular weight excluding hydrogens is 380 g/mol. The van der Waals surface area contributed by atoms with Crippen molar-refractivity contribution in [2.75, 3.05) is 0 Å². The van der Waals surface area contributed by atoms with E-state index in [2.05, 4.69) is 40.3 Å². The van der Waals surface area contributed by atoms with Crippen LogP contribution in [0, 0.1) is 4.77 Å². The summed E-state index contributed by atoms with van der Waals surface area (Å²) in [5, 5.41) is 0. The average Bonchev–Trinajstić information content (AvgIpc) is 2.73. The van der Waals surface area contributed by atoms with E-state index in [1.54, 1.807) is 0 Å². The maximum atomic E-state index is 12.3. The molecule has 2 aliphatic carbocycles. The first kappa shape index (κ1) is 18.4. The molecule has 0 saturated carbocycles. The molecule has 2 N–H and O–H groups in total. The molecule has 0 radical (unpaired) electrons. The van der Waals surface area contributed by atoms with Gasteiger partial charge in [-0.3, -0.25) is 9.78 Å². The van der Waals surface area contributed by atoms with E-state index in [-0.39, 0.29) is 11.0 Å². The molecule has 3 aromatic rings. The van der Waals surface area contributed by atoms with Gasteiger partial charge in [0.1, 0.15) is 12.4 Å². The third-order valence-electron chi connectivity index (χ3n) is 6.50. The van der Waals surface area contributed by atoms with Gasteiger partial charge < -0.3 is 9.72 Å². The molecule has 29 heavy (non-hydrogen) atoms. The fraction of sp³-hybridized carbons (Fsp3) is 0.333. The van der Waals surface area contributed by atoms with Crippen LogP contribution in [-0.2, 0) is 31.3 Å². The Morgan fingerprint density at radius 1 is 1.03 bits per heavy atom. The van der Waals surface area contributed by atoms with Gasteiger partial charge in [0.2, 0.25) is 0 Å². The monoisotopic (exact) mass is 404 g/mol. The maximum Gasteiger partial charge on any atom is 0.255 e. The summed E-state index contributed by atoms with van der Waals surface area (Å²) in [6, 6.07) is 16.8. The summed E-state index contributed by atoms with van der Waals surface area (Å²) in [6.07, 6.45) is 6.03. The molecule has 5 heteroatoms. The number of benzene rings is 2. The second-order valence-electron chi connectivity index (χ2n) is 8.27. The zero-order valence-electron chi connectivity index (χ0n) is 16.3. The lowest BCUT2D eigenvalue weighted by Gasteiger charge is -2.42. The number of aryl methyl sites for hydroxylation is 1. The largest absolute Gasteiger partial charge is 0.489 e. The number of nitrogens with one attached hydrogen (secondary N) is 2. The van der Waals surface area contributed by atoms with Gasteiger partial charge in [-0.15, -0.1) is 0 Å². The molecule has 0 saturated heterocycles. The van der Waals surface area contributed by atoms with Crippen LogP contribution in [0.1, 0.15) is 47.2 Å². The molecule has 148 valence electrons. The first-order valence-corrected chi connectivity index (χ1v) is 10.7. The minimum absolute atomic E-state index is 0.0328. The van der Waals surface area contributed by atoms with Crippen LogP contribution in [0.4, 0.5) is 0 Å². The van der Waals surface area contributed by atoms with Crippen LogP contribution in [0.25, 0.3) is 0 Å². The second kappa shape index (κ2) is 7.30. The van der Waals surface area contributed by atoms with Crippen molar-refractivity contribution in [3.05, 3.63) is 91.6 Å². The molecule has 2 aromatic carbocycles. The Morgan fingerprint density at radius 2 is 1.90 bits per heavy atom. The normalized spacial score (nSPS) is 20.1. The van der Waals surface area contributed by atoms with Crippen molar-refractivity contribution >= 4 is 12.2 Å². The number of hydrogen-bond donors (Lipinski definition) is 2. The van der Waals surface area contributed by atoms with Crippen molar-refractivity contribution in [3.63, 3.8) is 0 Å². The maximum absolute atomic E-state index is 12.3. The summed E-state index contributed by atoms with van der Waals surface area (Å²) in [5.41, 5.74) is 5.86. The summed E-state index contributed by atoms with van der Waals surface area (Å²) >= 11 is 5.22. The highest BCUT2D eigenvalue weighted by Crippen LogP contribution is 2.46. The van der Waals surface area contributed by atoms with Crippen molar-refractivity contribution in [1.82, 2.24) is 9.97 Å². The first-order chi connectivity index (χ1) is 14.1. The minimum Gasteiger partial charge on any atom is -0.489 e. The molecule has 1 unspecified atom stereocenters. The van der Waals surface area contributed by atoms with E-state index < -0.39 is 0 Å². The number of fused-ring (bicyclic) bond motifs is 3. The molecule has 0 amide bonds. The Kier molecular flexibility index (Phi) is 4.63. The van der Waals surface area contributed by atoms with Gasteiger partial charge in [-0.25, -0.2) is 0 Å². The van der Waals surface area contributed by atoms with Crippen LogP contribution >= 0.6 is 12.2 Å². The van der Waals surface area contributed by atoms with Gasteiger partial charge in [0.05, 0.1) is 0 Å². The second-order valence-corrected chi connectivity index (χ2v) is 8.68. The predicted molar refractivity (Wildman–Crippen MR) is 116 cm³/mol. The van der Waals surface area contributed by atoms with Crippen LogP contribution in [0.3, 0.4) is 0 Å². The Balaban J connectivity index is 1.48. The van der Waals surface area contributed by atoms with Crippen LogP contribution in [-0.4, -0.2) is 9.97 Å². The van der Waals surface area contributed by atoms with Crippen LogP contribution in [0.5, 0.6) is 5.75 Å². The van der Waals surface area contributed by atoms with E-state index in [9.17, 15) is 4.79 Å². The van der Waals surface area contributed by atoms with Gasteiger partial charge >= 0.3 is 0 Å². The zero-order valence-corrected chi connectivity index (χ0v) is 17.1. The van der Waals surface area contributed by atoms with Crippen LogP contribution in [0.2, 0.25) is 0 Å². The highest BCUT2D eigenvalue weighted by Gasteiger charge is 2.40. The third kappa shape index (κ3) is 3.44. The average molecular weight is 405 g/mol. The van der Waals surface area contributed by atoms with Gasteiger partial charge in [-0.05, 0) is 79.6 Å². The summed E-state index contributed by atoms with van der Waals surface area (Å²) in [4.78, 5) is 18.3. The predicted octanol–water partition coefficient (Wildman–Crippen LogP) is 4.77. The van der Waals surface area contributed by atoms with Gasteiger partial charge in [0.25, 0.3) is 5.56 Å². The Morgan fingerprint density at radius 3 is 2.76 bits per heavy atom. The molecule has 5 rings (SSSR count). The zero-order chi connectivity index (χ0) is 19.8. The van der Waals surface area contributed by atoms with Crippen LogP contribution < -0.4 is 10.3 Å². The van der Waals surface area contributed by atoms with Crippen molar-refractivity contribution in [1.29, 1.82) is 0 Å². The van der Waals surface area contributed by atoms with E-state index in [0.717, 1.165) is 49.1 Å². The van der Waals surface area contributed by atoms with E-state index in [1.807, 2.05) is 18.2 Å². The lowest BCUT2D eigenvalue weighted by molar-refractivity contribution is 0.293. The van der Waals surface area contributed by atoms with Crippen molar-refractivity contribution in [2.24, 2.45) is 0 Å². The molecule has 4 nitrogen and oxygen atoms in total. The topological polar surface area (TPSA) is 57.9 Å². The first-order valence-electron chi connectivity index (χ1n) is 10.3. The molecule has 1 atom stereocenters. The lowest BCUT2D eigenvalue weighted by atomic mass is 9.62.